The molecule has 1 N–H and O–H groups in total. The summed E-state index contributed by atoms with van der Waals surface area (Å²) in [6.07, 6.45) is 2.50. The fraction of sp³-hybridized carbons (Fsp3) is 0.550. The zero-order valence-electron chi connectivity index (χ0n) is 15.6. The first-order chi connectivity index (χ1) is 12.5. The molecular weight excluding hydrogens is 330 g/mol. The fourth-order valence-corrected chi connectivity index (χ4v) is 3.19. The molecule has 1 heterocycles. The fourth-order valence-electron chi connectivity index (χ4n) is 3.19. The molecule has 0 radical (unpaired) electrons. The highest BCUT2D eigenvalue weighted by atomic mass is 16.5. The Labute approximate surface area is 155 Å². The van der Waals surface area contributed by atoms with Gasteiger partial charge in [-0.05, 0) is 44.2 Å². The lowest BCUT2D eigenvalue weighted by Crippen LogP contribution is -2.46. The number of piperidine rings is 1. The Morgan fingerprint density at radius 3 is 2.54 bits per heavy atom. The number of nitriles is 1. The van der Waals surface area contributed by atoms with E-state index >= 15 is 0 Å². The number of amides is 2. The monoisotopic (exact) mass is 357 g/mol. The molecule has 1 saturated heterocycles. The summed E-state index contributed by atoms with van der Waals surface area (Å²) < 4.78 is 5.82. The minimum atomic E-state index is -0.124. The number of carbonyl (C=O) groups is 2. The Hall–Kier alpha value is -2.55. The molecule has 0 unspecified atom stereocenters. The SMILES string of the molecule is Cc1cccc(C)c1OCCCC(=O)NC1CCN(C(=O)CC#N)CC1. The van der Waals surface area contributed by atoms with Crippen molar-refractivity contribution in [2.75, 3.05) is 19.7 Å². The van der Waals surface area contributed by atoms with Crippen LogP contribution < -0.4 is 10.1 Å². The van der Waals surface area contributed by atoms with Gasteiger partial charge in [0, 0.05) is 25.6 Å². The molecule has 0 spiro atoms. The van der Waals surface area contributed by atoms with Gasteiger partial charge < -0.3 is 15.0 Å². The van der Waals surface area contributed by atoms with Crippen molar-refractivity contribution in [1.29, 1.82) is 5.26 Å². The van der Waals surface area contributed by atoms with Gasteiger partial charge in [0.2, 0.25) is 11.8 Å². The first-order valence-electron chi connectivity index (χ1n) is 9.14. The lowest BCUT2D eigenvalue weighted by molar-refractivity contribution is -0.131. The minimum absolute atomic E-state index is 0.0249. The molecule has 1 aliphatic rings. The molecule has 6 nitrogen and oxygen atoms in total. The number of likely N-dealkylation sites (tertiary alicyclic amines) is 1. The minimum Gasteiger partial charge on any atom is -0.493 e. The van der Waals surface area contributed by atoms with Crippen LogP contribution in [0.1, 0.15) is 43.2 Å². The van der Waals surface area contributed by atoms with Crippen molar-refractivity contribution in [2.24, 2.45) is 0 Å². The van der Waals surface area contributed by atoms with Gasteiger partial charge in [0.15, 0.2) is 0 Å². The van der Waals surface area contributed by atoms with Crippen LogP contribution in [-0.2, 0) is 9.59 Å². The summed E-state index contributed by atoms with van der Waals surface area (Å²) in [6, 6.07) is 8.02. The van der Waals surface area contributed by atoms with E-state index in [2.05, 4.69) is 5.32 Å². The lowest BCUT2D eigenvalue weighted by Gasteiger charge is -2.32. The summed E-state index contributed by atoms with van der Waals surface area (Å²) in [7, 11) is 0. The molecule has 26 heavy (non-hydrogen) atoms. The molecule has 0 aliphatic carbocycles. The van der Waals surface area contributed by atoms with Crippen LogP contribution in [0.3, 0.4) is 0 Å². The van der Waals surface area contributed by atoms with E-state index in [1.165, 1.54) is 0 Å². The number of benzene rings is 1. The maximum Gasteiger partial charge on any atom is 0.236 e. The van der Waals surface area contributed by atoms with E-state index < -0.39 is 0 Å². The molecule has 0 atom stereocenters. The Morgan fingerprint density at radius 1 is 1.27 bits per heavy atom. The Morgan fingerprint density at radius 2 is 1.92 bits per heavy atom. The molecule has 0 bridgehead atoms. The number of rotatable bonds is 7. The molecule has 1 aliphatic heterocycles. The summed E-state index contributed by atoms with van der Waals surface area (Å²) in [5.74, 6) is 0.806. The van der Waals surface area contributed by atoms with Crippen LogP contribution in [0.25, 0.3) is 0 Å². The summed E-state index contributed by atoms with van der Waals surface area (Å²) in [5, 5.41) is 11.6. The molecule has 140 valence electrons. The molecule has 0 aromatic heterocycles. The third-order valence-electron chi connectivity index (χ3n) is 4.65. The van der Waals surface area contributed by atoms with Crippen molar-refractivity contribution < 1.29 is 14.3 Å². The molecule has 1 aromatic carbocycles. The molecule has 2 amide bonds. The second-order valence-electron chi connectivity index (χ2n) is 6.73. The molecular formula is C20H27N3O3. The topological polar surface area (TPSA) is 82.4 Å². The first kappa shape index (κ1) is 19.8. The molecule has 1 aromatic rings. The van der Waals surface area contributed by atoms with Crippen molar-refractivity contribution in [1.82, 2.24) is 10.2 Å². The molecule has 6 heteroatoms. The summed E-state index contributed by atoms with van der Waals surface area (Å²) in [4.78, 5) is 25.5. The van der Waals surface area contributed by atoms with Gasteiger partial charge in [0.1, 0.15) is 12.2 Å². The van der Waals surface area contributed by atoms with Crippen LogP contribution in [0.4, 0.5) is 0 Å². The normalized spacial score (nSPS) is 14.6. The summed E-state index contributed by atoms with van der Waals surface area (Å²) in [5.41, 5.74) is 2.21. The average Bonchev–Trinajstić information content (AvgIpc) is 2.61. The van der Waals surface area contributed by atoms with E-state index in [9.17, 15) is 9.59 Å². The van der Waals surface area contributed by atoms with Crippen LogP contribution in [0.2, 0.25) is 0 Å². The zero-order valence-corrected chi connectivity index (χ0v) is 15.6. The average molecular weight is 357 g/mol. The van der Waals surface area contributed by atoms with Crippen LogP contribution in [0.15, 0.2) is 18.2 Å². The predicted molar refractivity (Wildman–Crippen MR) is 98.6 cm³/mol. The number of nitrogens with zero attached hydrogens (tertiary/aromatic N) is 2. The molecule has 1 fully saturated rings. The van der Waals surface area contributed by atoms with Gasteiger partial charge >= 0.3 is 0 Å². The highest BCUT2D eigenvalue weighted by molar-refractivity contribution is 5.78. The molecule has 0 saturated carbocycles. The second kappa shape index (κ2) is 9.81. The Balaban J connectivity index is 1.64. The van der Waals surface area contributed by atoms with Gasteiger partial charge in [0.05, 0.1) is 12.7 Å². The number of aryl methyl sites for hydroxylation is 2. The van der Waals surface area contributed by atoms with Gasteiger partial charge in [-0.1, -0.05) is 18.2 Å². The van der Waals surface area contributed by atoms with Crippen LogP contribution >= 0.6 is 0 Å². The van der Waals surface area contributed by atoms with Crippen LogP contribution in [0, 0.1) is 25.2 Å². The Kier molecular flexibility index (Phi) is 7.46. The highest BCUT2D eigenvalue weighted by Crippen LogP contribution is 2.22. The van der Waals surface area contributed by atoms with E-state index in [0.29, 0.717) is 32.5 Å². The van der Waals surface area contributed by atoms with E-state index in [1.54, 1.807) is 4.90 Å². The van der Waals surface area contributed by atoms with Crippen molar-refractivity contribution in [3.05, 3.63) is 29.3 Å². The van der Waals surface area contributed by atoms with E-state index in [4.69, 9.17) is 10.00 Å². The van der Waals surface area contributed by atoms with Gasteiger partial charge in [-0.15, -0.1) is 0 Å². The summed E-state index contributed by atoms with van der Waals surface area (Å²) in [6.45, 7) is 5.74. The largest absolute Gasteiger partial charge is 0.493 e. The van der Waals surface area contributed by atoms with Gasteiger partial charge in [-0.2, -0.15) is 5.26 Å². The van der Waals surface area contributed by atoms with Gasteiger partial charge in [-0.25, -0.2) is 0 Å². The van der Waals surface area contributed by atoms with E-state index in [1.807, 2.05) is 38.1 Å². The number of nitrogens with one attached hydrogen (secondary N) is 1. The van der Waals surface area contributed by atoms with Crippen molar-refractivity contribution in [3.63, 3.8) is 0 Å². The van der Waals surface area contributed by atoms with E-state index in [-0.39, 0.29) is 24.3 Å². The number of para-hydroxylation sites is 1. The van der Waals surface area contributed by atoms with E-state index in [0.717, 1.165) is 29.7 Å². The smallest absolute Gasteiger partial charge is 0.236 e. The summed E-state index contributed by atoms with van der Waals surface area (Å²) >= 11 is 0. The standard InChI is InChI=1S/C20H27N3O3/c1-15-5-3-6-16(2)20(15)26-14-4-7-18(24)22-17-9-12-23(13-10-17)19(25)8-11-21/h3,5-6,17H,4,7-10,12-14H2,1-2H3,(H,22,24). The number of carbonyl (C=O) groups excluding carboxylic acids is 2. The lowest BCUT2D eigenvalue weighted by atomic mass is 10.0. The number of hydrogen-bond acceptors (Lipinski definition) is 4. The quantitative estimate of drug-likeness (QED) is 0.760. The number of hydrogen-bond donors (Lipinski definition) is 1. The van der Waals surface area contributed by atoms with Crippen molar-refractivity contribution >= 4 is 11.8 Å². The molecule has 2 rings (SSSR count). The van der Waals surface area contributed by atoms with Crippen LogP contribution in [-0.4, -0.2) is 42.5 Å². The third-order valence-corrected chi connectivity index (χ3v) is 4.65. The highest BCUT2D eigenvalue weighted by Gasteiger charge is 2.23. The van der Waals surface area contributed by atoms with Crippen molar-refractivity contribution in [3.8, 4) is 11.8 Å². The Bertz CT molecular complexity index is 653. The maximum atomic E-state index is 12.1. The third kappa shape index (κ3) is 5.76. The van der Waals surface area contributed by atoms with Gasteiger partial charge in [0.25, 0.3) is 0 Å². The zero-order chi connectivity index (χ0) is 18.9. The second-order valence-corrected chi connectivity index (χ2v) is 6.73. The first-order valence-corrected chi connectivity index (χ1v) is 9.14. The predicted octanol–water partition coefficient (Wildman–Crippen LogP) is 2.48. The van der Waals surface area contributed by atoms with Crippen molar-refractivity contribution in [2.45, 2.75) is 52.0 Å². The van der Waals surface area contributed by atoms with Crippen LogP contribution in [0.5, 0.6) is 5.75 Å². The van der Waals surface area contributed by atoms with Gasteiger partial charge in [-0.3, -0.25) is 9.59 Å². The maximum absolute atomic E-state index is 12.1. The number of ether oxygens (including phenoxy) is 1.